The van der Waals surface area contributed by atoms with E-state index >= 15 is 0 Å². The van der Waals surface area contributed by atoms with Crippen molar-refractivity contribution < 1.29 is 5.11 Å². The number of aliphatic hydroxyl groups is 1. The molecular weight excluding hydrogens is 244 g/mol. The van der Waals surface area contributed by atoms with Gasteiger partial charge in [-0.1, -0.05) is 39.0 Å². The molecule has 18 heavy (non-hydrogen) atoms. The van der Waals surface area contributed by atoms with Crippen molar-refractivity contribution in [2.45, 2.75) is 52.6 Å². The summed E-state index contributed by atoms with van der Waals surface area (Å²) in [6.45, 7) is 11.1. The Labute approximate surface area is 114 Å². The van der Waals surface area contributed by atoms with Crippen LogP contribution in [-0.2, 0) is 12.0 Å². The third-order valence-corrected chi connectivity index (χ3v) is 4.57. The lowest BCUT2D eigenvalue weighted by Gasteiger charge is -2.30. The van der Waals surface area contributed by atoms with Crippen LogP contribution in [0.1, 0.15) is 51.1 Å². The van der Waals surface area contributed by atoms with E-state index < -0.39 is 0 Å². The average Bonchev–Trinajstić information content (AvgIpc) is 2.72. The lowest BCUT2D eigenvalue weighted by molar-refractivity contribution is 0.282. The Morgan fingerprint density at radius 3 is 2.67 bits per heavy atom. The molecule has 0 saturated carbocycles. The first-order valence-electron chi connectivity index (χ1n) is 6.78. The maximum atomic E-state index is 9.50. The minimum Gasteiger partial charge on any atom is -0.391 e. The smallest absolute Gasteiger partial charge is 0.185 e. The van der Waals surface area contributed by atoms with Crippen LogP contribution in [0.3, 0.4) is 0 Å². The topological polar surface area (TPSA) is 36.4 Å². The van der Waals surface area contributed by atoms with E-state index in [-0.39, 0.29) is 12.0 Å². The molecule has 102 valence electrons. The van der Waals surface area contributed by atoms with E-state index in [9.17, 15) is 5.11 Å². The molecule has 1 unspecified atom stereocenters. The highest BCUT2D eigenvalue weighted by molar-refractivity contribution is 7.15. The summed E-state index contributed by atoms with van der Waals surface area (Å²) in [7, 11) is 0. The van der Waals surface area contributed by atoms with Gasteiger partial charge in [0, 0.05) is 18.5 Å². The van der Waals surface area contributed by atoms with Crippen LogP contribution < -0.4 is 4.90 Å². The normalized spacial score (nSPS) is 21.4. The molecule has 0 bridgehead atoms. The molecule has 2 rings (SSSR count). The monoisotopic (exact) mass is 268 g/mol. The van der Waals surface area contributed by atoms with Crippen molar-refractivity contribution in [2.75, 3.05) is 18.0 Å². The molecule has 1 aromatic heterocycles. The van der Waals surface area contributed by atoms with Gasteiger partial charge in [0.25, 0.3) is 0 Å². The van der Waals surface area contributed by atoms with Crippen LogP contribution in [0.5, 0.6) is 0 Å². The Morgan fingerprint density at radius 2 is 2.17 bits per heavy atom. The zero-order valence-electron chi connectivity index (χ0n) is 11.9. The van der Waals surface area contributed by atoms with Gasteiger partial charge < -0.3 is 10.0 Å². The van der Waals surface area contributed by atoms with Crippen LogP contribution in [0.2, 0.25) is 0 Å². The Hall–Kier alpha value is -0.610. The van der Waals surface area contributed by atoms with Crippen molar-refractivity contribution in [2.24, 2.45) is 5.92 Å². The largest absolute Gasteiger partial charge is 0.391 e. The van der Waals surface area contributed by atoms with Crippen LogP contribution in [0.15, 0.2) is 0 Å². The number of aromatic nitrogens is 1. The molecule has 0 aliphatic carbocycles. The molecule has 1 N–H and O–H groups in total. The maximum Gasteiger partial charge on any atom is 0.185 e. The Morgan fingerprint density at radius 1 is 1.44 bits per heavy atom. The standard InChI is InChI=1S/C14H24N2OS/c1-10-6-5-7-16(8-10)13-15-12(14(2,3)4)11(9-17)18-13/h10,17H,5-9H2,1-4H3. The fourth-order valence-corrected chi connectivity index (χ4v) is 3.70. The summed E-state index contributed by atoms with van der Waals surface area (Å²) in [5, 5.41) is 10.6. The number of hydrogen-bond acceptors (Lipinski definition) is 4. The zero-order valence-corrected chi connectivity index (χ0v) is 12.7. The van der Waals surface area contributed by atoms with E-state index in [2.05, 4.69) is 32.6 Å². The Balaban J connectivity index is 2.26. The van der Waals surface area contributed by atoms with E-state index in [0.29, 0.717) is 0 Å². The molecule has 3 nitrogen and oxygen atoms in total. The summed E-state index contributed by atoms with van der Waals surface area (Å²) >= 11 is 1.66. The van der Waals surface area contributed by atoms with Gasteiger partial charge in [0.05, 0.1) is 17.2 Å². The van der Waals surface area contributed by atoms with Crippen LogP contribution in [0, 0.1) is 5.92 Å². The molecule has 1 saturated heterocycles. The Bertz CT molecular complexity index is 408. The number of hydrogen-bond donors (Lipinski definition) is 1. The zero-order chi connectivity index (χ0) is 13.3. The number of piperidine rings is 1. The van der Waals surface area contributed by atoms with Gasteiger partial charge in [0.1, 0.15) is 0 Å². The molecule has 0 amide bonds. The summed E-state index contributed by atoms with van der Waals surface area (Å²) in [5.74, 6) is 0.748. The Kier molecular flexibility index (Phi) is 3.97. The van der Waals surface area contributed by atoms with E-state index in [1.165, 1.54) is 12.8 Å². The predicted octanol–water partition coefficient (Wildman–Crippen LogP) is 3.17. The highest BCUT2D eigenvalue weighted by Crippen LogP contribution is 2.35. The maximum absolute atomic E-state index is 9.50. The molecule has 1 fully saturated rings. The summed E-state index contributed by atoms with van der Waals surface area (Å²) in [5.41, 5.74) is 1.07. The molecule has 2 heterocycles. The lowest BCUT2D eigenvalue weighted by Crippen LogP contribution is -2.34. The van der Waals surface area contributed by atoms with Gasteiger partial charge in [-0.25, -0.2) is 4.98 Å². The van der Waals surface area contributed by atoms with Gasteiger partial charge in [0.2, 0.25) is 0 Å². The van der Waals surface area contributed by atoms with Crippen LogP contribution in [0.25, 0.3) is 0 Å². The van der Waals surface area contributed by atoms with Crippen molar-refractivity contribution in [1.82, 2.24) is 4.98 Å². The van der Waals surface area contributed by atoms with Crippen molar-refractivity contribution in [3.8, 4) is 0 Å². The van der Waals surface area contributed by atoms with Gasteiger partial charge in [0.15, 0.2) is 5.13 Å². The van der Waals surface area contributed by atoms with Crippen LogP contribution >= 0.6 is 11.3 Å². The number of thiazole rings is 1. The summed E-state index contributed by atoms with van der Waals surface area (Å²) in [6, 6.07) is 0. The predicted molar refractivity (Wildman–Crippen MR) is 77.3 cm³/mol. The number of nitrogens with zero attached hydrogens (tertiary/aromatic N) is 2. The number of aliphatic hydroxyl groups excluding tert-OH is 1. The molecule has 0 radical (unpaired) electrons. The fraction of sp³-hybridized carbons (Fsp3) is 0.786. The van der Waals surface area contributed by atoms with Crippen LogP contribution in [0.4, 0.5) is 5.13 Å². The van der Waals surface area contributed by atoms with Gasteiger partial charge >= 0.3 is 0 Å². The average molecular weight is 268 g/mol. The highest BCUT2D eigenvalue weighted by Gasteiger charge is 2.26. The molecule has 4 heteroatoms. The summed E-state index contributed by atoms with van der Waals surface area (Å²) in [4.78, 5) is 8.20. The highest BCUT2D eigenvalue weighted by atomic mass is 32.1. The molecule has 1 aliphatic heterocycles. The second-order valence-corrected chi connectivity index (χ2v) is 7.43. The van der Waals surface area contributed by atoms with E-state index in [1.807, 2.05) is 0 Å². The summed E-state index contributed by atoms with van der Waals surface area (Å²) in [6.07, 6.45) is 2.57. The first kappa shape index (κ1) is 13.8. The van der Waals surface area contributed by atoms with Crippen LogP contribution in [-0.4, -0.2) is 23.2 Å². The minimum atomic E-state index is 0.00815. The van der Waals surface area contributed by atoms with Crippen molar-refractivity contribution in [3.05, 3.63) is 10.6 Å². The van der Waals surface area contributed by atoms with E-state index in [1.54, 1.807) is 11.3 Å². The number of rotatable bonds is 2. The van der Waals surface area contributed by atoms with E-state index in [0.717, 1.165) is 34.7 Å². The van der Waals surface area contributed by atoms with Gasteiger partial charge in [-0.2, -0.15) is 0 Å². The van der Waals surface area contributed by atoms with E-state index in [4.69, 9.17) is 4.98 Å². The van der Waals surface area contributed by atoms with Gasteiger partial charge in [-0.15, -0.1) is 0 Å². The fourth-order valence-electron chi connectivity index (χ4n) is 2.53. The summed E-state index contributed by atoms with van der Waals surface area (Å²) < 4.78 is 0. The quantitative estimate of drug-likeness (QED) is 0.895. The first-order valence-corrected chi connectivity index (χ1v) is 7.59. The van der Waals surface area contributed by atoms with Gasteiger partial charge in [-0.05, 0) is 18.8 Å². The third-order valence-electron chi connectivity index (χ3n) is 3.47. The lowest BCUT2D eigenvalue weighted by atomic mass is 9.91. The first-order chi connectivity index (χ1) is 8.41. The van der Waals surface area contributed by atoms with Crippen molar-refractivity contribution >= 4 is 16.5 Å². The molecule has 1 aliphatic rings. The van der Waals surface area contributed by atoms with Crippen molar-refractivity contribution in [3.63, 3.8) is 0 Å². The second kappa shape index (κ2) is 5.17. The number of anilines is 1. The molecule has 1 atom stereocenters. The molecular formula is C14H24N2OS. The third kappa shape index (κ3) is 2.86. The molecule has 0 aromatic carbocycles. The minimum absolute atomic E-state index is 0.00815. The molecule has 1 aromatic rings. The van der Waals surface area contributed by atoms with Crippen molar-refractivity contribution in [1.29, 1.82) is 0 Å². The second-order valence-electron chi connectivity index (χ2n) is 6.37. The van der Waals surface area contributed by atoms with Gasteiger partial charge in [-0.3, -0.25) is 0 Å². The SMILES string of the molecule is CC1CCCN(c2nc(C(C)(C)C)c(CO)s2)C1. The molecule has 0 spiro atoms.